The van der Waals surface area contributed by atoms with Gasteiger partial charge in [-0.1, -0.05) is 6.07 Å². The first-order valence-corrected chi connectivity index (χ1v) is 6.77. The van der Waals surface area contributed by atoms with Crippen molar-refractivity contribution in [3.8, 4) is 11.5 Å². The van der Waals surface area contributed by atoms with Crippen LogP contribution in [0.2, 0.25) is 0 Å². The van der Waals surface area contributed by atoms with E-state index in [1.54, 1.807) is 13.2 Å². The molecule has 0 saturated carbocycles. The number of piperidine rings is 1. The minimum Gasteiger partial charge on any atom is -0.497 e. The fourth-order valence-corrected chi connectivity index (χ4v) is 2.39. The van der Waals surface area contributed by atoms with E-state index in [1.807, 2.05) is 23.1 Å². The first kappa shape index (κ1) is 13.7. The van der Waals surface area contributed by atoms with E-state index in [4.69, 9.17) is 9.47 Å². The van der Waals surface area contributed by atoms with Crippen LogP contribution in [0, 0.1) is 0 Å². The summed E-state index contributed by atoms with van der Waals surface area (Å²) < 4.78 is 10.7. The van der Waals surface area contributed by atoms with Crippen molar-refractivity contribution in [2.75, 3.05) is 20.3 Å². The summed E-state index contributed by atoms with van der Waals surface area (Å²) in [5, 5.41) is 0. The highest BCUT2D eigenvalue weighted by Crippen LogP contribution is 2.20. The van der Waals surface area contributed by atoms with Gasteiger partial charge in [-0.05, 0) is 38.3 Å². The van der Waals surface area contributed by atoms with E-state index in [9.17, 15) is 4.79 Å². The molecule has 1 atom stereocenters. The summed E-state index contributed by atoms with van der Waals surface area (Å²) in [4.78, 5) is 14.0. The highest BCUT2D eigenvalue weighted by Gasteiger charge is 2.23. The molecule has 0 radical (unpaired) electrons. The topological polar surface area (TPSA) is 38.8 Å². The lowest BCUT2D eigenvalue weighted by molar-refractivity contribution is -0.136. The van der Waals surface area contributed by atoms with E-state index >= 15 is 0 Å². The second kappa shape index (κ2) is 6.45. The molecule has 1 saturated heterocycles. The number of carbonyl (C=O) groups is 1. The molecule has 1 aliphatic heterocycles. The molecule has 0 spiro atoms. The molecule has 2 rings (SSSR count). The Morgan fingerprint density at radius 3 is 2.89 bits per heavy atom. The smallest absolute Gasteiger partial charge is 0.260 e. The summed E-state index contributed by atoms with van der Waals surface area (Å²) in [6.45, 7) is 3.04. The quantitative estimate of drug-likeness (QED) is 0.837. The van der Waals surface area contributed by atoms with E-state index in [2.05, 4.69) is 6.92 Å². The van der Waals surface area contributed by atoms with Gasteiger partial charge in [0.25, 0.3) is 5.91 Å². The Bertz CT molecular complexity index is 433. The third kappa shape index (κ3) is 3.63. The predicted molar refractivity (Wildman–Crippen MR) is 73.5 cm³/mol. The van der Waals surface area contributed by atoms with Gasteiger partial charge in [0.15, 0.2) is 6.61 Å². The summed E-state index contributed by atoms with van der Waals surface area (Å²) in [5.74, 6) is 1.46. The van der Waals surface area contributed by atoms with Crippen molar-refractivity contribution in [1.82, 2.24) is 4.90 Å². The van der Waals surface area contributed by atoms with Gasteiger partial charge in [-0.25, -0.2) is 0 Å². The van der Waals surface area contributed by atoms with Crippen molar-refractivity contribution in [2.24, 2.45) is 0 Å². The van der Waals surface area contributed by atoms with Gasteiger partial charge in [0.1, 0.15) is 11.5 Å². The maximum atomic E-state index is 12.1. The Hall–Kier alpha value is -1.71. The minimum absolute atomic E-state index is 0.0648. The summed E-state index contributed by atoms with van der Waals surface area (Å²) in [6.07, 6.45) is 3.39. The highest BCUT2D eigenvalue weighted by atomic mass is 16.5. The van der Waals surface area contributed by atoms with E-state index in [-0.39, 0.29) is 12.5 Å². The molecule has 1 fully saturated rings. The number of rotatable bonds is 4. The van der Waals surface area contributed by atoms with E-state index in [0.717, 1.165) is 25.1 Å². The SMILES string of the molecule is COc1cccc(OCC(=O)N2CCCCC2C)c1. The highest BCUT2D eigenvalue weighted by molar-refractivity contribution is 5.78. The lowest BCUT2D eigenvalue weighted by Crippen LogP contribution is -2.44. The number of amides is 1. The number of nitrogens with zero attached hydrogens (tertiary/aromatic N) is 1. The van der Waals surface area contributed by atoms with Crippen LogP contribution in [0.3, 0.4) is 0 Å². The Morgan fingerprint density at radius 2 is 2.16 bits per heavy atom. The summed E-state index contributed by atoms with van der Waals surface area (Å²) in [7, 11) is 1.61. The van der Waals surface area contributed by atoms with Crippen LogP contribution in [-0.4, -0.2) is 37.1 Å². The first-order valence-electron chi connectivity index (χ1n) is 6.77. The lowest BCUT2D eigenvalue weighted by Gasteiger charge is -2.33. The molecule has 0 aromatic heterocycles. The Kier molecular flexibility index (Phi) is 4.66. The number of hydrogen-bond donors (Lipinski definition) is 0. The van der Waals surface area contributed by atoms with Gasteiger partial charge >= 0.3 is 0 Å². The van der Waals surface area contributed by atoms with Crippen molar-refractivity contribution >= 4 is 5.91 Å². The molecule has 0 aliphatic carbocycles. The number of methoxy groups -OCH3 is 1. The molecule has 1 heterocycles. The molecular weight excluding hydrogens is 242 g/mol. The van der Waals surface area contributed by atoms with Crippen LogP contribution in [0.25, 0.3) is 0 Å². The van der Waals surface area contributed by atoms with Crippen LogP contribution in [0.15, 0.2) is 24.3 Å². The van der Waals surface area contributed by atoms with Crippen LogP contribution >= 0.6 is 0 Å². The summed E-state index contributed by atoms with van der Waals surface area (Å²) in [5.41, 5.74) is 0. The molecule has 1 unspecified atom stereocenters. The zero-order chi connectivity index (χ0) is 13.7. The van der Waals surface area contributed by atoms with Gasteiger partial charge in [0.2, 0.25) is 0 Å². The van der Waals surface area contributed by atoms with E-state index < -0.39 is 0 Å². The standard InChI is InChI=1S/C15H21NO3/c1-12-6-3-4-9-16(12)15(17)11-19-14-8-5-7-13(10-14)18-2/h5,7-8,10,12H,3-4,6,9,11H2,1-2H3. The molecular formula is C15H21NO3. The number of hydrogen-bond acceptors (Lipinski definition) is 3. The Labute approximate surface area is 114 Å². The van der Waals surface area contributed by atoms with Gasteiger partial charge in [0.05, 0.1) is 7.11 Å². The average molecular weight is 263 g/mol. The summed E-state index contributed by atoms with van der Waals surface area (Å²) in [6, 6.07) is 7.64. The minimum atomic E-state index is 0.0648. The van der Waals surface area contributed by atoms with Gasteiger partial charge in [-0.3, -0.25) is 4.79 Å². The molecule has 19 heavy (non-hydrogen) atoms. The normalized spacial score (nSPS) is 19.1. The van der Waals surface area contributed by atoms with Crippen molar-refractivity contribution < 1.29 is 14.3 Å². The van der Waals surface area contributed by atoms with Crippen LogP contribution in [0.1, 0.15) is 26.2 Å². The van der Waals surface area contributed by atoms with Crippen LogP contribution in [0.4, 0.5) is 0 Å². The van der Waals surface area contributed by atoms with Crippen LogP contribution in [0.5, 0.6) is 11.5 Å². The molecule has 104 valence electrons. The predicted octanol–water partition coefficient (Wildman–Crippen LogP) is 2.48. The molecule has 1 aromatic rings. The monoisotopic (exact) mass is 263 g/mol. The third-order valence-electron chi connectivity index (χ3n) is 3.53. The maximum Gasteiger partial charge on any atom is 0.260 e. The molecule has 1 amide bonds. The molecule has 4 nitrogen and oxygen atoms in total. The fraction of sp³-hybridized carbons (Fsp3) is 0.533. The van der Waals surface area contributed by atoms with Gasteiger partial charge in [-0.2, -0.15) is 0 Å². The molecule has 1 aromatic carbocycles. The van der Waals surface area contributed by atoms with E-state index in [1.165, 1.54) is 6.42 Å². The number of benzene rings is 1. The number of likely N-dealkylation sites (tertiary alicyclic amines) is 1. The van der Waals surface area contributed by atoms with Crippen LogP contribution < -0.4 is 9.47 Å². The second-order valence-corrected chi connectivity index (χ2v) is 4.90. The van der Waals surface area contributed by atoms with Crippen molar-refractivity contribution in [1.29, 1.82) is 0 Å². The second-order valence-electron chi connectivity index (χ2n) is 4.90. The Morgan fingerprint density at radius 1 is 1.37 bits per heavy atom. The molecule has 0 bridgehead atoms. The first-order chi connectivity index (χ1) is 9.20. The van der Waals surface area contributed by atoms with Crippen molar-refractivity contribution in [3.05, 3.63) is 24.3 Å². The molecule has 0 N–H and O–H groups in total. The fourth-order valence-electron chi connectivity index (χ4n) is 2.39. The zero-order valence-corrected chi connectivity index (χ0v) is 11.6. The molecule has 1 aliphatic rings. The number of carbonyl (C=O) groups excluding carboxylic acids is 1. The zero-order valence-electron chi connectivity index (χ0n) is 11.6. The van der Waals surface area contributed by atoms with Crippen molar-refractivity contribution in [3.63, 3.8) is 0 Å². The van der Waals surface area contributed by atoms with Crippen molar-refractivity contribution in [2.45, 2.75) is 32.2 Å². The van der Waals surface area contributed by atoms with Gasteiger partial charge in [0, 0.05) is 18.7 Å². The largest absolute Gasteiger partial charge is 0.497 e. The van der Waals surface area contributed by atoms with Gasteiger partial charge in [-0.15, -0.1) is 0 Å². The lowest BCUT2D eigenvalue weighted by atomic mass is 10.0. The summed E-state index contributed by atoms with van der Waals surface area (Å²) >= 11 is 0. The van der Waals surface area contributed by atoms with Gasteiger partial charge < -0.3 is 14.4 Å². The maximum absolute atomic E-state index is 12.1. The Balaban J connectivity index is 1.88. The molecule has 4 heteroatoms. The third-order valence-corrected chi connectivity index (χ3v) is 3.53. The van der Waals surface area contributed by atoms with Crippen LogP contribution in [-0.2, 0) is 4.79 Å². The average Bonchev–Trinajstić information content (AvgIpc) is 2.45. The van der Waals surface area contributed by atoms with E-state index in [0.29, 0.717) is 11.8 Å². The number of ether oxygens (including phenoxy) is 2.